The van der Waals surface area contributed by atoms with Gasteiger partial charge in [0.2, 0.25) is 5.91 Å². The Labute approximate surface area is 125 Å². The lowest BCUT2D eigenvalue weighted by Crippen LogP contribution is -2.14. The Morgan fingerprint density at radius 1 is 1.00 bits per heavy atom. The average molecular weight is 283 g/mol. The molecule has 1 amide bonds. The van der Waals surface area contributed by atoms with Crippen molar-refractivity contribution in [3.8, 4) is 5.75 Å². The van der Waals surface area contributed by atoms with Gasteiger partial charge >= 0.3 is 0 Å². The normalized spacial score (nSPS) is 10.3. The number of aryl methyl sites for hydroxylation is 1. The van der Waals surface area contributed by atoms with Crippen LogP contribution in [0.1, 0.15) is 30.9 Å². The van der Waals surface area contributed by atoms with Gasteiger partial charge in [0.25, 0.3) is 0 Å². The van der Waals surface area contributed by atoms with E-state index in [-0.39, 0.29) is 11.7 Å². The zero-order chi connectivity index (χ0) is 15.1. The van der Waals surface area contributed by atoms with E-state index in [1.807, 2.05) is 12.1 Å². The second-order valence-corrected chi connectivity index (χ2v) is 5.19. The first-order valence-electron chi connectivity index (χ1n) is 7.34. The summed E-state index contributed by atoms with van der Waals surface area (Å²) in [5.41, 5.74) is 3.00. The molecule has 110 valence electrons. The second kappa shape index (κ2) is 7.48. The van der Waals surface area contributed by atoms with Crippen molar-refractivity contribution in [1.29, 1.82) is 0 Å². The van der Waals surface area contributed by atoms with Crippen molar-refractivity contribution in [3.05, 3.63) is 59.7 Å². The number of phenolic OH excluding ortho intramolecular Hbond substituents is 1. The first-order valence-corrected chi connectivity index (χ1v) is 7.34. The molecule has 0 bridgehead atoms. The number of rotatable bonds is 6. The number of amides is 1. The molecule has 21 heavy (non-hydrogen) atoms. The number of anilines is 1. The molecule has 0 aliphatic heterocycles. The fourth-order valence-electron chi connectivity index (χ4n) is 2.14. The van der Waals surface area contributed by atoms with Crippen LogP contribution in [-0.2, 0) is 17.6 Å². The van der Waals surface area contributed by atoms with Gasteiger partial charge in [0, 0.05) is 5.69 Å². The van der Waals surface area contributed by atoms with Gasteiger partial charge in [0.15, 0.2) is 0 Å². The number of benzene rings is 2. The molecular weight excluding hydrogens is 262 g/mol. The average Bonchev–Trinajstić information content (AvgIpc) is 2.49. The standard InChI is InChI=1S/C18H21NO2/c1-2-3-4-14-5-9-16(10-6-14)19-18(21)13-15-7-11-17(20)12-8-15/h5-12,20H,2-4,13H2,1H3,(H,19,21). The molecule has 2 aromatic carbocycles. The van der Waals surface area contributed by atoms with Crippen molar-refractivity contribution >= 4 is 11.6 Å². The van der Waals surface area contributed by atoms with Crippen LogP contribution in [0.2, 0.25) is 0 Å². The third-order valence-electron chi connectivity index (χ3n) is 3.36. The van der Waals surface area contributed by atoms with Crippen LogP contribution in [0, 0.1) is 0 Å². The number of nitrogens with one attached hydrogen (secondary N) is 1. The van der Waals surface area contributed by atoms with Gasteiger partial charge in [-0.1, -0.05) is 37.6 Å². The number of carbonyl (C=O) groups excluding carboxylic acids is 1. The lowest BCUT2D eigenvalue weighted by molar-refractivity contribution is -0.115. The molecule has 0 unspecified atom stereocenters. The van der Waals surface area contributed by atoms with E-state index in [1.54, 1.807) is 24.3 Å². The fraction of sp³-hybridized carbons (Fsp3) is 0.278. The molecule has 0 aromatic heterocycles. The Kier molecular flexibility index (Phi) is 5.38. The van der Waals surface area contributed by atoms with Crippen LogP contribution < -0.4 is 5.32 Å². The van der Waals surface area contributed by atoms with E-state index < -0.39 is 0 Å². The maximum atomic E-state index is 12.0. The molecule has 0 aliphatic carbocycles. The van der Waals surface area contributed by atoms with Gasteiger partial charge < -0.3 is 10.4 Å². The largest absolute Gasteiger partial charge is 0.508 e. The Morgan fingerprint density at radius 3 is 2.24 bits per heavy atom. The van der Waals surface area contributed by atoms with Crippen LogP contribution in [0.25, 0.3) is 0 Å². The number of hydrogen-bond donors (Lipinski definition) is 2. The first kappa shape index (κ1) is 15.1. The van der Waals surface area contributed by atoms with Crippen molar-refractivity contribution in [1.82, 2.24) is 0 Å². The predicted molar refractivity (Wildman–Crippen MR) is 85.5 cm³/mol. The van der Waals surface area contributed by atoms with Gasteiger partial charge in [-0.05, 0) is 48.2 Å². The third-order valence-corrected chi connectivity index (χ3v) is 3.36. The second-order valence-electron chi connectivity index (χ2n) is 5.19. The van der Waals surface area contributed by atoms with E-state index in [2.05, 4.69) is 24.4 Å². The minimum absolute atomic E-state index is 0.0537. The Morgan fingerprint density at radius 2 is 1.62 bits per heavy atom. The monoisotopic (exact) mass is 283 g/mol. The zero-order valence-corrected chi connectivity index (χ0v) is 12.3. The summed E-state index contributed by atoms with van der Waals surface area (Å²) in [5.74, 6) is 0.156. The number of unbranched alkanes of at least 4 members (excludes halogenated alkanes) is 1. The quantitative estimate of drug-likeness (QED) is 0.844. The van der Waals surface area contributed by atoms with E-state index in [9.17, 15) is 9.90 Å². The zero-order valence-electron chi connectivity index (χ0n) is 12.3. The maximum absolute atomic E-state index is 12.0. The molecule has 0 fully saturated rings. The maximum Gasteiger partial charge on any atom is 0.228 e. The molecular formula is C18H21NO2. The summed E-state index contributed by atoms with van der Waals surface area (Å²) in [5, 5.41) is 12.1. The predicted octanol–water partition coefficient (Wildman–Crippen LogP) is 3.92. The number of hydrogen-bond acceptors (Lipinski definition) is 2. The molecule has 3 heteroatoms. The smallest absolute Gasteiger partial charge is 0.228 e. The highest BCUT2D eigenvalue weighted by atomic mass is 16.3. The van der Waals surface area contributed by atoms with Gasteiger partial charge in [-0.2, -0.15) is 0 Å². The third kappa shape index (κ3) is 4.95. The fourth-order valence-corrected chi connectivity index (χ4v) is 2.14. The summed E-state index contributed by atoms with van der Waals surface area (Å²) in [6, 6.07) is 14.7. The van der Waals surface area contributed by atoms with E-state index in [0.717, 1.165) is 17.7 Å². The lowest BCUT2D eigenvalue weighted by atomic mass is 10.1. The summed E-state index contributed by atoms with van der Waals surface area (Å²) < 4.78 is 0. The molecule has 0 aliphatic rings. The number of phenols is 1. The van der Waals surface area contributed by atoms with Crippen LogP contribution in [0.3, 0.4) is 0 Å². The van der Waals surface area contributed by atoms with Crippen molar-refractivity contribution < 1.29 is 9.90 Å². The lowest BCUT2D eigenvalue weighted by Gasteiger charge is -2.07. The van der Waals surface area contributed by atoms with E-state index >= 15 is 0 Å². The van der Waals surface area contributed by atoms with Gasteiger partial charge in [-0.3, -0.25) is 4.79 Å². The van der Waals surface area contributed by atoms with Crippen LogP contribution in [0.5, 0.6) is 5.75 Å². The van der Waals surface area contributed by atoms with Crippen LogP contribution in [0.4, 0.5) is 5.69 Å². The molecule has 0 heterocycles. The molecule has 0 atom stereocenters. The van der Waals surface area contributed by atoms with Gasteiger partial charge in [0.05, 0.1) is 6.42 Å². The minimum atomic E-state index is -0.0537. The Balaban J connectivity index is 1.88. The molecule has 2 rings (SSSR count). The van der Waals surface area contributed by atoms with Gasteiger partial charge in [-0.25, -0.2) is 0 Å². The van der Waals surface area contributed by atoms with E-state index in [4.69, 9.17) is 0 Å². The summed E-state index contributed by atoms with van der Waals surface area (Å²) in [7, 11) is 0. The van der Waals surface area contributed by atoms with Crippen molar-refractivity contribution in [2.24, 2.45) is 0 Å². The van der Waals surface area contributed by atoms with Crippen molar-refractivity contribution in [2.75, 3.05) is 5.32 Å². The molecule has 0 saturated carbocycles. The van der Waals surface area contributed by atoms with E-state index in [1.165, 1.54) is 18.4 Å². The van der Waals surface area contributed by atoms with Crippen molar-refractivity contribution in [2.45, 2.75) is 32.6 Å². The molecule has 3 nitrogen and oxygen atoms in total. The Hall–Kier alpha value is -2.29. The first-order chi connectivity index (χ1) is 10.2. The minimum Gasteiger partial charge on any atom is -0.508 e. The van der Waals surface area contributed by atoms with E-state index in [0.29, 0.717) is 6.42 Å². The molecule has 0 saturated heterocycles. The van der Waals surface area contributed by atoms with Crippen molar-refractivity contribution in [3.63, 3.8) is 0 Å². The summed E-state index contributed by atoms with van der Waals surface area (Å²) in [4.78, 5) is 12.0. The van der Waals surface area contributed by atoms with Gasteiger partial charge in [-0.15, -0.1) is 0 Å². The molecule has 0 radical (unpaired) electrons. The Bertz CT molecular complexity index is 573. The van der Waals surface area contributed by atoms with Crippen LogP contribution >= 0.6 is 0 Å². The highest BCUT2D eigenvalue weighted by Crippen LogP contribution is 2.13. The SMILES string of the molecule is CCCCc1ccc(NC(=O)Cc2ccc(O)cc2)cc1. The van der Waals surface area contributed by atoms with Crippen LogP contribution in [-0.4, -0.2) is 11.0 Å². The highest BCUT2D eigenvalue weighted by Gasteiger charge is 2.04. The summed E-state index contributed by atoms with van der Waals surface area (Å²) >= 11 is 0. The molecule has 2 N–H and O–H groups in total. The van der Waals surface area contributed by atoms with Crippen LogP contribution in [0.15, 0.2) is 48.5 Å². The highest BCUT2D eigenvalue weighted by molar-refractivity contribution is 5.92. The summed E-state index contributed by atoms with van der Waals surface area (Å²) in [6.07, 6.45) is 3.76. The number of aromatic hydroxyl groups is 1. The molecule has 2 aromatic rings. The molecule has 0 spiro atoms. The number of carbonyl (C=O) groups is 1. The topological polar surface area (TPSA) is 49.3 Å². The van der Waals surface area contributed by atoms with Gasteiger partial charge in [0.1, 0.15) is 5.75 Å². The summed E-state index contributed by atoms with van der Waals surface area (Å²) in [6.45, 7) is 2.18.